The van der Waals surface area contributed by atoms with E-state index in [2.05, 4.69) is 53.5 Å². The highest BCUT2D eigenvalue weighted by molar-refractivity contribution is 6.14. The van der Waals surface area contributed by atoms with Crippen molar-refractivity contribution in [1.82, 2.24) is 0 Å². The Hall–Kier alpha value is -3.95. The maximum Gasteiger partial charge on any atom is 0.132 e. The molecule has 2 N–H and O–H groups in total. The fraction of sp³-hybridized carbons (Fsp3) is 0.156. The molecule has 3 heteroatoms. The summed E-state index contributed by atoms with van der Waals surface area (Å²) in [6.45, 7) is 4.04. The zero-order chi connectivity index (χ0) is 24.4. The number of phenols is 1. The monoisotopic (exact) mass is 459 g/mol. The summed E-state index contributed by atoms with van der Waals surface area (Å²) in [5.74, 6) is 0.391. The van der Waals surface area contributed by atoms with Gasteiger partial charge in [0, 0.05) is 22.9 Å². The molecule has 0 aliphatic rings. The lowest BCUT2D eigenvalue weighted by molar-refractivity contribution is 0.240. The molecule has 1 atom stereocenters. The lowest BCUT2D eigenvalue weighted by Gasteiger charge is -2.19. The molecule has 5 aromatic rings. The molecule has 174 valence electrons. The van der Waals surface area contributed by atoms with E-state index in [1.54, 1.807) is 6.21 Å². The van der Waals surface area contributed by atoms with Crippen LogP contribution in [0.5, 0.6) is 5.75 Å². The van der Waals surface area contributed by atoms with Crippen LogP contribution >= 0.6 is 0 Å². The van der Waals surface area contributed by atoms with Gasteiger partial charge in [-0.3, -0.25) is 4.99 Å². The van der Waals surface area contributed by atoms with Crippen molar-refractivity contribution in [1.29, 1.82) is 0 Å². The maximum absolute atomic E-state index is 11.7. The van der Waals surface area contributed by atoms with Gasteiger partial charge in [-0.2, -0.15) is 0 Å². The first-order chi connectivity index (χ1) is 17.1. The van der Waals surface area contributed by atoms with E-state index in [0.717, 1.165) is 43.8 Å². The number of phenolic OH excluding ortho intramolecular Hbond substituents is 1. The van der Waals surface area contributed by atoms with Gasteiger partial charge in [0.2, 0.25) is 0 Å². The summed E-state index contributed by atoms with van der Waals surface area (Å²) >= 11 is 0. The van der Waals surface area contributed by atoms with Crippen LogP contribution in [0.3, 0.4) is 0 Å². The number of nitrogens with zero attached hydrogens (tertiary/aromatic N) is 1. The summed E-state index contributed by atoms with van der Waals surface area (Å²) in [7, 11) is 0. The van der Waals surface area contributed by atoms with Gasteiger partial charge in [0.15, 0.2) is 0 Å². The van der Waals surface area contributed by atoms with Gasteiger partial charge in [-0.1, -0.05) is 105 Å². The molecule has 0 spiro atoms. The fourth-order valence-electron chi connectivity index (χ4n) is 4.72. The van der Waals surface area contributed by atoms with Crippen LogP contribution in [-0.4, -0.2) is 29.1 Å². The van der Waals surface area contributed by atoms with E-state index in [-0.39, 0.29) is 24.3 Å². The molecule has 35 heavy (non-hydrogen) atoms. The number of benzene rings is 5. The molecule has 0 heterocycles. The second-order valence-corrected chi connectivity index (χ2v) is 9.26. The van der Waals surface area contributed by atoms with Crippen molar-refractivity contribution in [3.05, 3.63) is 103 Å². The van der Waals surface area contributed by atoms with Crippen LogP contribution in [0.25, 0.3) is 43.8 Å². The molecular weight excluding hydrogens is 430 g/mol. The fourth-order valence-corrected chi connectivity index (χ4v) is 4.72. The molecule has 5 rings (SSSR count). The molecule has 0 saturated heterocycles. The van der Waals surface area contributed by atoms with Gasteiger partial charge in [0.1, 0.15) is 5.75 Å². The number of aliphatic hydroxyl groups is 1. The van der Waals surface area contributed by atoms with Crippen LogP contribution in [0.1, 0.15) is 19.4 Å². The second kappa shape index (κ2) is 9.73. The number of fused-ring (bicyclic) bond motifs is 2. The van der Waals surface area contributed by atoms with Crippen LogP contribution in [0.2, 0.25) is 0 Å². The topological polar surface area (TPSA) is 52.8 Å². The SMILES string of the molecule is CC(C)[C@@H](CO)N=Cc1cc2ccccc2c(-c2c(-c3ccccc3)ccc3ccccc23)c1O. The van der Waals surface area contributed by atoms with Crippen molar-refractivity contribution >= 4 is 27.8 Å². The van der Waals surface area contributed by atoms with Gasteiger partial charge < -0.3 is 10.2 Å². The molecule has 0 bridgehead atoms. The molecule has 0 aliphatic carbocycles. The van der Waals surface area contributed by atoms with Gasteiger partial charge in [-0.25, -0.2) is 0 Å². The number of rotatable bonds is 6. The average molecular weight is 460 g/mol. The van der Waals surface area contributed by atoms with Crippen molar-refractivity contribution in [2.45, 2.75) is 19.9 Å². The number of aliphatic hydroxyl groups excluding tert-OH is 1. The van der Waals surface area contributed by atoms with Gasteiger partial charge in [0.05, 0.1) is 12.6 Å². The third-order valence-electron chi connectivity index (χ3n) is 6.68. The number of aromatic hydroxyl groups is 1. The Morgan fingerprint density at radius 2 is 1.37 bits per heavy atom. The van der Waals surface area contributed by atoms with E-state index in [0.29, 0.717) is 5.56 Å². The Kier molecular flexibility index (Phi) is 6.35. The summed E-state index contributed by atoms with van der Waals surface area (Å²) in [6, 6.07) is 32.8. The van der Waals surface area contributed by atoms with Gasteiger partial charge in [-0.05, 0) is 44.7 Å². The molecule has 3 nitrogen and oxygen atoms in total. The lowest BCUT2D eigenvalue weighted by atomic mass is 9.86. The molecule has 0 fully saturated rings. The minimum atomic E-state index is -0.221. The molecule has 0 aliphatic heterocycles. The zero-order valence-corrected chi connectivity index (χ0v) is 20.0. The number of aliphatic imine (C=N–C) groups is 1. The van der Waals surface area contributed by atoms with Crippen LogP contribution in [0.15, 0.2) is 102 Å². The smallest absolute Gasteiger partial charge is 0.132 e. The summed E-state index contributed by atoms with van der Waals surface area (Å²) in [5, 5.41) is 25.7. The molecule has 0 radical (unpaired) electrons. The summed E-state index contributed by atoms with van der Waals surface area (Å²) in [5.41, 5.74) is 4.60. The Morgan fingerprint density at radius 1 is 0.743 bits per heavy atom. The highest BCUT2D eigenvalue weighted by atomic mass is 16.3. The van der Waals surface area contributed by atoms with E-state index in [1.807, 2.05) is 62.4 Å². The van der Waals surface area contributed by atoms with Crippen molar-refractivity contribution in [2.24, 2.45) is 10.9 Å². The van der Waals surface area contributed by atoms with Gasteiger partial charge in [0.25, 0.3) is 0 Å². The van der Waals surface area contributed by atoms with E-state index in [9.17, 15) is 10.2 Å². The van der Waals surface area contributed by atoms with E-state index >= 15 is 0 Å². The first-order valence-corrected chi connectivity index (χ1v) is 12.0. The first kappa shape index (κ1) is 22.8. The third-order valence-corrected chi connectivity index (χ3v) is 6.68. The summed E-state index contributed by atoms with van der Waals surface area (Å²) < 4.78 is 0. The number of hydrogen-bond acceptors (Lipinski definition) is 3. The highest BCUT2D eigenvalue weighted by Crippen LogP contribution is 2.46. The Labute approximate surface area is 206 Å². The predicted molar refractivity (Wildman–Crippen MR) is 147 cm³/mol. The van der Waals surface area contributed by atoms with Crippen molar-refractivity contribution in [3.63, 3.8) is 0 Å². The standard InChI is InChI=1S/C32H29NO2/c1-21(2)29(20-34)33-19-25-18-24-13-7-9-15-27(24)31(32(25)35)30-26-14-8-6-12-23(26)16-17-28(30)22-10-4-3-5-11-22/h3-19,21,29,34-35H,20H2,1-2H3/t29-/m1/s1. The molecule has 0 unspecified atom stereocenters. The second-order valence-electron chi connectivity index (χ2n) is 9.26. The minimum Gasteiger partial charge on any atom is -0.507 e. The Bertz CT molecular complexity index is 1520. The van der Waals surface area contributed by atoms with Crippen LogP contribution < -0.4 is 0 Å². The van der Waals surface area contributed by atoms with Gasteiger partial charge in [-0.15, -0.1) is 0 Å². The van der Waals surface area contributed by atoms with Crippen molar-refractivity contribution in [3.8, 4) is 28.0 Å². The Balaban J connectivity index is 1.86. The average Bonchev–Trinajstić information content (AvgIpc) is 2.89. The van der Waals surface area contributed by atoms with Crippen molar-refractivity contribution in [2.75, 3.05) is 6.61 Å². The summed E-state index contributed by atoms with van der Waals surface area (Å²) in [6.07, 6.45) is 1.71. The first-order valence-electron chi connectivity index (χ1n) is 12.0. The lowest BCUT2D eigenvalue weighted by Crippen LogP contribution is -2.17. The predicted octanol–water partition coefficient (Wildman–Crippen LogP) is 7.47. The molecule has 5 aromatic carbocycles. The maximum atomic E-state index is 11.7. The molecular formula is C32H29NO2. The normalized spacial score (nSPS) is 12.7. The largest absolute Gasteiger partial charge is 0.507 e. The van der Waals surface area contributed by atoms with Crippen molar-refractivity contribution < 1.29 is 10.2 Å². The van der Waals surface area contributed by atoms with E-state index in [4.69, 9.17) is 0 Å². The molecule has 0 amide bonds. The molecule has 0 saturated carbocycles. The van der Waals surface area contributed by atoms with Crippen LogP contribution in [-0.2, 0) is 0 Å². The molecule has 0 aromatic heterocycles. The van der Waals surface area contributed by atoms with E-state index in [1.165, 1.54) is 0 Å². The third kappa shape index (κ3) is 4.31. The minimum absolute atomic E-state index is 0.0309. The quantitative estimate of drug-likeness (QED) is 0.259. The summed E-state index contributed by atoms with van der Waals surface area (Å²) in [4.78, 5) is 4.62. The Morgan fingerprint density at radius 3 is 2.06 bits per heavy atom. The van der Waals surface area contributed by atoms with Crippen LogP contribution in [0.4, 0.5) is 0 Å². The van der Waals surface area contributed by atoms with E-state index < -0.39 is 0 Å². The highest BCUT2D eigenvalue weighted by Gasteiger charge is 2.20. The van der Waals surface area contributed by atoms with Gasteiger partial charge >= 0.3 is 0 Å². The zero-order valence-electron chi connectivity index (χ0n) is 20.0. The number of hydrogen-bond donors (Lipinski definition) is 2. The van der Waals surface area contributed by atoms with Crippen LogP contribution in [0, 0.1) is 5.92 Å².